The van der Waals surface area contributed by atoms with Crippen molar-refractivity contribution in [1.29, 1.82) is 0 Å². The van der Waals surface area contributed by atoms with Crippen LogP contribution in [0, 0.1) is 0 Å². The van der Waals surface area contributed by atoms with Crippen LogP contribution in [-0.2, 0) is 6.54 Å². The minimum absolute atomic E-state index is 0.481. The fraction of sp³-hybridized carbons (Fsp3) is 0.111. The second-order valence-corrected chi connectivity index (χ2v) is 2.67. The van der Waals surface area contributed by atoms with Crippen molar-refractivity contribution in [1.82, 2.24) is 14.5 Å². The zero-order valence-electron chi connectivity index (χ0n) is 7.09. The van der Waals surface area contributed by atoms with Crippen molar-refractivity contribution in [2.24, 2.45) is 5.73 Å². The van der Waals surface area contributed by atoms with Gasteiger partial charge in [0, 0.05) is 18.9 Å². The van der Waals surface area contributed by atoms with Gasteiger partial charge in [0.15, 0.2) is 0 Å². The monoisotopic (exact) mass is 174 g/mol. The summed E-state index contributed by atoms with van der Waals surface area (Å²) in [6.45, 7) is 0.481. The van der Waals surface area contributed by atoms with E-state index < -0.39 is 0 Å². The quantitative estimate of drug-likeness (QED) is 0.730. The fourth-order valence-electron chi connectivity index (χ4n) is 1.20. The first-order valence-electron chi connectivity index (χ1n) is 4.03. The Morgan fingerprint density at radius 1 is 1.31 bits per heavy atom. The van der Waals surface area contributed by atoms with Crippen molar-refractivity contribution in [3.63, 3.8) is 0 Å². The van der Waals surface area contributed by atoms with Gasteiger partial charge in [0.2, 0.25) is 0 Å². The molecule has 13 heavy (non-hydrogen) atoms. The minimum atomic E-state index is 0.481. The fourth-order valence-corrected chi connectivity index (χ4v) is 1.20. The molecule has 0 aliphatic rings. The third-order valence-corrected chi connectivity index (χ3v) is 1.85. The maximum Gasteiger partial charge on any atom is 0.0995 e. The Morgan fingerprint density at radius 2 is 2.23 bits per heavy atom. The second-order valence-electron chi connectivity index (χ2n) is 2.67. The molecule has 0 spiro atoms. The Morgan fingerprint density at radius 3 is 2.92 bits per heavy atom. The first kappa shape index (κ1) is 7.94. The third-order valence-electron chi connectivity index (χ3n) is 1.85. The van der Waals surface area contributed by atoms with Crippen LogP contribution in [0.25, 0.3) is 5.69 Å². The van der Waals surface area contributed by atoms with E-state index in [0.29, 0.717) is 6.54 Å². The van der Waals surface area contributed by atoms with Gasteiger partial charge in [-0.1, -0.05) is 0 Å². The smallest absolute Gasteiger partial charge is 0.0995 e. The van der Waals surface area contributed by atoms with Crippen molar-refractivity contribution in [2.75, 3.05) is 0 Å². The number of hydrogen-bond donors (Lipinski definition) is 1. The van der Waals surface area contributed by atoms with Gasteiger partial charge in [0.25, 0.3) is 0 Å². The average molecular weight is 174 g/mol. The summed E-state index contributed by atoms with van der Waals surface area (Å²) in [5.74, 6) is 0. The summed E-state index contributed by atoms with van der Waals surface area (Å²) in [7, 11) is 0. The SMILES string of the molecule is NCc1cncn1-c1cccnc1. The second kappa shape index (κ2) is 3.37. The number of nitrogens with two attached hydrogens (primary N) is 1. The highest BCUT2D eigenvalue weighted by Gasteiger charge is 2.00. The van der Waals surface area contributed by atoms with Gasteiger partial charge in [-0.05, 0) is 12.1 Å². The molecule has 4 nitrogen and oxygen atoms in total. The van der Waals surface area contributed by atoms with Crippen LogP contribution in [0.4, 0.5) is 0 Å². The molecule has 0 saturated carbocycles. The number of rotatable bonds is 2. The van der Waals surface area contributed by atoms with Gasteiger partial charge in [0.05, 0.1) is 23.9 Å². The highest BCUT2D eigenvalue weighted by molar-refractivity contribution is 5.29. The predicted molar refractivity (Wildman–Crippen MR) is 49.3 cm³/mol. The van der Waals surface area contributed by atoms with Gasteiger partial charge < -0.3 is 10.3 Å². The van der Waals surface area contributed by atoms with Crippen LogP contribution in [-0.4, -0.2) is 14.5 Å². The van der Waals surface area contributed by atoms with Crippen molar-refractivity contribution in [3.8, 4) is 5.69 Å². The van der Waals surface area contributed by atoms with Crippen LogP contribution in [0.15, 0.2) is 37.1 Å². The number of nitrogens with zero attached hydrogens (tertiary/aromatic N) is 3. The Bertz CT molecular complexity index is 380. The van der Waals surface area contributed by atoms with E-state index in [4.69, 9.17) is 5.73 Å². The molecule has 0 radical (unpaired) electrons. The molecule has 66 valence electrons. The molecule has 0 bridgehead atoms. The molecular formula is C9H10N4. The molecule has 0 fully saturated rings. The lowest BCUT2D eigenvalue weighted by Gasteiger charge is -2.04. The topological polar surface area (TPSA) is 56.7 Å². The van der Waals surface area contributed by atoms with Gasteiger partial charge in [-0.15, -0.1) is 0 Å². The van der Waals surface area contributed by atoms with Gasteiger partial charge in [0.1, 0.15) is 0 Å². The standard InChI is InChI=1S/C9H10N4/c10-4-9-6-12-7-13(9)8-2-1-3-11-5-8/h1-3,5-7H,4,10H2. The maximum atomic E-state index is 5.55. The van der Waals surface area contributed by atoms with E-state index in [-0.39, 0.29) is 0 Å². The summed E-state index contributed by atoms with van der Waals surface area (Å²) in [5, 5.41) is 0. The summed E-state index contributed by atoms with van der Waals surface area (Å²) in [6.07, 6.45) is 7.01. The highest BCUT2D eigenvalue weighted by atomic mass is 15.1. The largest absolute Gasteiger partial charge is 0.325 e. The molecule has 2 N–H and O–H groups in total. The number of imidazole rings is 1. The predicted octanol–water partition coefficient (Wildman–Crippen LogP) is 0.726. The van der Waals surface area contributed by atoms with Crippen LogP contribution in [0.5, 0.6) is 0 Å². The summed E-state index contributed by atoms with van der Waals surface area (Å²) < 4.78 is 1.92. The Hall–Kier alpha value is -1.68. The molecule has 2 rings (SSSR count). The molecule has 0 atom stereocenters. The van der Waals surface area contributed by atoms with Crippen LogP contribution in [0.2, 0.25) is 0 Å². The van der Waals surface area contributed by atoms with Crippen molar-refractivity contribution in [2.45, 2.75) is 6.54 Å². The first-order valence-corrected chi connectivity index (χ1v) is 4.03. The van der Waals surface area contributed by atoms with E-state index in [1.54, 1.807) is 24.9 Å². The van der Waals surface area contributed by atoms with Gasteiger partial charge in [-0.3, -0.25) is 4.98 Å². The van der Waals surface area contributed by atoms with Crippen molar-refractivity contribution in [3.05, 3.63) is 42.7 Å². The molecule has 0 aliphatic carbocycles. The average Bonchev–Trinajstić information content (AvgIpc) is 2.67. The zero-order valence-corrected chi connectivity index (χ0v) is 7.09. The molecule has 2 aromatic heterocycles. The molecule has 0 aromatic carbocycles. The number of hydrogen-bond acceptors (Lipinski definition) is 3. The first-order chi connectivity index (χ1) is 6.42. The summed E-state index contributed by atoms with van der Waals surface area (Å²) in [4.78, 5) is 8.05. The molecule has 0 unspecified atom stereocenters. The Kier molecular flexibility index (Phi) is 2.06. The van der Waals surface area contributed by atoms with Crippen molar-refractivity contribution < 1.29 is 0 Å². The van der Waals surface area contributed by atoms with Crippen LogP contribution in [0.1, 0.15) is 5.69 Å². The minimum Gasteiger partial charge on any atom is -0.325 e. The van der Waals surface area contributed by atoms with Crippen LogP contribution < -0.4 is 5.73 Å². The summed E-state index contributed by atoms with van der Waals surface area (Å²) in [6, 6.07) is 3.85. The maximum absolute atomic E-state index is 5.55. The van der Waals surface area contributed by atoms with Gasteiger partial charge in [-0.2, -0.15) is 0 Å². The summed E-state index contributed by atoms with van der Waals surface area (Å²) >= 11 is 0. The van der Waals surface area contributed by atoms with Crippen LogP contribution in [0.3, 0.4) is 0 Å². The molecule has 0 amide bonds. The third kappa shape index (κ3) is 1.43. The number of aromatic nitrogens is 3. The van der Waals surface area contributed by atoms with Gasteiger partial charge >= 0.3 is 0 Å². The number of pyridine rings is 1. The lowest BCUT2D eigenvalue weighted by atomic mass is 10.4. The molecule has 0 aliphatic heterocycles. The van der Waals surface area contributed by atoms with E-state index in [0.717, 1.165) is 11.4 Å². The Labute approximate surface area is 76.1 Å². The molecule has 2 aromatic rings. The van der Waals surface area contributed by atoms with E-state index in [2.05, 4.69) is 9.97 Å². The van der Waals surface area contributed by atoms with E-state index in [1.807, 2.05) is 16.7 Å². The van der Waals surface area contributed by atoms with Crippen molar-refractivity contribution >= 4 is 0 Å². The normalized spacial score (nSPS) is 10.2. The molecular weight excluding hydrogens is 164 g/mol. The summed E-state index contributed by atoms with van der Waals surface area (Å²) in [5.41, 5.74) is 7.52. The Balaban J connectivity index is 2.47. The van der Waals surface area contributed by atoms with E-state index >= 15 is 0 Å². The van der Waals surface area contributed by atoms with Gasteiger partial charge in [-0.25, -0.2) is 4.98 Å². The highest BCUT2D eigenvalue weighted by Crippen LogP contribution is 2.08. The lowest BCUT2D eigenvalue weighted by Crippen LogP contribution is -2.04. The van der Waals surface area contributed by atoms with E-state index in [9.17, 15) is 0 Å². The molecule has 4 heteroatoms. The molecule has 2 heterocycles. The lowest BCUT2D eigenvalue weighted by molar-refractivity contribution is 0.905. The van der Waals surface area contributed by atoms with Crippen LogP contribution >= 0.6 is 0 Å². The zero-order chi connectivity index (χ0) is 9.10. The molecule has 0 saturated heterocycles. The van der Waals surface area contributed by atoms with E-state index in [1.165, 1.54) is 0 Å².